The van der Waals surface area contributed by atoms with E-state index in [0.717, 1.165) is 10.9 Å². The molecule has 11 nitrogen and oxygen atoms in total. The predicted molar refractivity (Wildman–Crippen MR) is 151 cm³/mol. The number of rotatable bonds is 8. The molecule has 12 heteroatoms. The normalized spacial score (nSPS) is 11.4. The predicted octanol–water partition coefficient (Wildman–Crippen LogP) is 4.98. The van der Waals surface area contributed by atoms with Crippen molar-refractivity contribution < 1.29 is 9.59 Å². The van der Waals surface area contributed by atoms with Gasteiger partial charge in [0.2, 0.25) is 17.8 Å². The molecule has 0 bridgehead atoms. The lowest BCUT2D eigenvalue weighted by atomic mass is 9.95. The molecule has 4 rings (SSSR count). The molecule has 0 aliphatic carbocycles. The van der Waals surface area contributed by atoms with E-state index < -0.39 is 5.41 Å². The van der Waals surface area contributed by atoms with E-state index in [-0.39, 0.29) is 18.4 Å². The van der Waals surface area contributed by atoms with Gasteiger partial charge in [0, 0.05) is 16.5 Å². The maximum Gasteiger partial charge on any atom is 0.239 e. The molecule has 38 heavy (non-hydrogen) atoms. The summed E-state index contributed by atoms with van der Waals surface area (Å²) in [7, 11) is 3.65. The van der Waals surface area contributed by atoms with Gasteiger partial charge >= 0.3 is 0 Å². The highest BCUT2D eigenvalue weighted by molar-refractivity contribution is 6.33. The van der Waals surface area contributed by atoms with Gasteiger partial charge in [0.15, 0.2) is 11.6 Å². The molecule has 2 heterocycles. The fourth-order valence-electron chi connectivity index (χ4n) is 3.43. The van der Waals surface area contributed by atoms with Crippen LogP contribution in [0.1, 0.15) is 20.8 Å². The number of H-pyrrole nitrogens is 1. The third-order valence-corrected chi connectivity index (χ3v) is 5.67. The number of hydrogen-bond donors (Lipinski definition) is 5. The van der Waals surface area contributed by atoms with Crippen LogP contribution in [-0.2, 0) is 9.59 Å². The molecule has 2 aromatic carbocycles. The number of likely N-dealkylation sites (N-methyl/N-ethyl adjacent to an activating group) is 1. The number of fused-ring (bicyclic) bond motifs is 1. The van der Waals surface area contributed by atoms with Crippen LogP contribution in [0.4, 0.5) is 34.6 Å². The van der Waals surface area contributed by atoms with Gasteiger partial charge < -0.3 is 26.2 Å². The largest absolute Gasteiger partial charge is 0.337 e. The molecule has 5 N–H and O–H groups in total. The van der Waals surface area contributed by atoms with Crippen LogP contribution < -0.4 is 21.3 Å². The summed E-state index contributed by atoms with van der Waals surface area (Å²) in [5.74, 6) is 0.878. The van der Waals surface area contributed by atoms with E-state index in [4.69, 9.17) is 11.6 Å². The van der Waals surface area contributed by atoms with Gasteiger partial charge in [-0.15, -0.1) is 0 Å². The smallest absolute Gasteiger partial charge is 0.239 e. The molecule has 0 radical (unpaired) electrons. The minimum absolute atomic E-state index is 0.113. The van der Waals surface area contributed by atoms with Gasteiger partial charge in [0.1, 0.15) is 5.02 Å². The third-order valence-electron chi connectivity index (χ3n) is 5.39. The Morgan fingerprint density at radius 3 is 2.45 bits per heavy atom. The van der Waals surface area contributed by atoms with Crippen LogP contribution in [0.15, 0.2) is 48.7 Å². The van der Waals surface area contributed by atoms with Crippen molar-refractivity contribution in [1.82, 2.24) is 25.1 Å². The summed E-state index contributed by atoms with van der Waals surface area (Å²) in [4.78, 5) is 35.2. The molecule has 198 valence electrons. The fourth-order valence-corrected chi connectivity index (χ4v) is 3.57. The second-order valence-electron chi connectivity index (χ2n) is 10.0. The summed E-state index contributed by atoms with van der Waals surface area (Å²) in [6, 6.07) is 12.8. The Kier molecular flexibility index (Phi) is 7.79. The van der Waals surface area contributed by atoms with Crippen molar-refractivity contribution in [3.63, 3.8) is 0 Å². The fraction of sp³-hybridized carbons (Fsp3) is 0.269. The SMILES string of the molecule is CN(C)CC(=O)Nc1n[nH]c2cc(Nc3ncc(Cl)c(Nc4ccccc4NC(=O)C(C)(C)C)n3)ccc12. The highest BCUT2D eigenvalue weighted by Crippen LogP contribution is 2.31. The number of para-hydroxylation sites is 2. The lowest BCUT2D eigenvalue weighted by Gasteiger charge is -2.20. The molecule has 4 aromatic rings. The number of nitrogens with one attached hydrogen (secondary N) is 5. The standard InChI is InChI=1S/C26H30ClN9O2/c1-26(2,3)24(38)31-19-9-7-6-8-18(19)30-23-17(27)13-28-25(33-23)29-15-10-11-16-20(12-15)34-35-22(16)32-21(37)14-36(4)5/h6-13H,14H2,1-5H3,(H,31,38)(H2,28,29,30,33)(H2,32,34,35,37). The van der Waals surface area contributed by atoms with Crippen molar-refractivity contribution in [1.29, 1.82) is 0 Å². The number of carbonyl (C=O) groups excluding carboxylic acids is 2. The van der Waals surface area contributed by atoms with Gasteiger partial charge in [-0.05, 0) is 44.4 Å². The minimum Gasteiger partial charge on any atom is -0.337 e. The number of amides is 2. The number of nitrogens with zero attached hydrogens (tertiary/aromatic N) is 4. The molecule has 0 spiro atoms. The van der Waals surface area contributed by atoms with Crippen LogP contribution in [0, 0.1) is 5.41 Å². The first-order chi connectivity index (χ1) is 18.0. The molecule has 0 fully saturated rings. The molecule has 0 aliphatic heterocycles. The Morgan fingerprint density at radius 2 is 1.74 bits per heavy atom. The highest BCUT2D eigenvalue weighted by atomic mass is 35.5. The maximum atomic E-state index is 12.5. The van der Waals surface area contributed by atoms with Gasteiger partial charge in [0.25, 0.3) is 0 Å². The summed E-state index contributed by atoms with van der Waals surface area (Å²) in [5, 5.41) is 20.3. The first-order valence-electron chi connectivity index (χ1n) is 11.9. The molecule has 0 atom stereocenters. The van der Waals surface area contributed by atoms with Crippen molar-refractivity contribution in [2.45, 2.75) is 20.8 Å². The van der Waals surface area contributed by atoms with E-state index in [1.165, 1.54) is 6.20 Å². The maximum absolute atomic E-state index is 12.5. The summed E-state index contributed by atoms with van der Waals surface area (Å²) in [5.41, 5.74) is 2.13. The minimum atomic E-state index is -0.550. The van der Waals surface area contributed by atoms with Crippen molar-refractivity contribution in [3.8, 4) is 0 Å². The van der Waals surface area contributed by atoms with Crippen molar-refractivity contribution in [3.05, 3.63) is 53.7 Å². The zero-order valence-corrected chi connectivity index (χ0v) is 22.6. The Bertz CT molecular complexity index is 1480. The van der Waals surface area contributed by atoms with E-state index >= 15 is 0 Å². The van der Waals surface area contributed by atoms with Crippen LogP contribution in [-0.4, -0.2) is 57.5 Å². The average Bonchev–Trinajstić information content (AvgIpc) is 3.23. The average molecular weight is 536 g/mol. The summed E-state index contributed by atoms with van der Waals surface area (Å²) in [6.07, 6.45) is 1.49. The van der Waals surface area contributed by atoms with Crippen molar-refractivity contribution in [2.24, 2.45) is 5.41 Å². The van der Waals surface area contributed by atoms with Gasteiger partial charge in [-0.1, -0.05) is 44.5 Å². The number of aromatic amines is 1. The number of benzene rings is 2. The van der Waals surface area contributed by atoms with Crippen molar-refractivity contribution in [2.75, 3.05) is 41.9 Å². The molecule has 0 unspecified atom stereocenters. The monoisotopic (exact) mass is 535 g/mol. The summed E-state index contributed by atoms with van der Waals surface area (Å²) in [6.45, 7) is 5.80. The zero-order chi connectivity index (χ0) is 27.4. The molecule has 2 aromatic heterocycles. The first-order valence-corrected chi connectivity index (χ1v) is 12.3. The number of halogens is 1. The van der Waals surface area contributed by atoms with Gasteiger partial charge in [-0.25, -0.2) is 4.98 Å². The Balaban J connectivity index is 1.51. The van der Waals surface area contributed by atoms with Crippen LogP contribution in [0.25, 0.3) is 10.9 Å². The Morgan fingerprint density at radius 1 is 1.00 bits per heavy atom. The highest BCUT2D eigenvalue weighted by Gasteiger charge is 2.22. The van der Waals surface area contributed by atoms with Crippen molar-refractivity contribution >= 4 is 69.0 Å². The van der Waals surface area contributed by atoms with E-state index in [1.807, 2.05) is 71.3 Å². The molecule has 0 saturated heterocycles. The molecular formula is C26H30ClN9O2. The van der Waals surface area contributed by atoms with Gasteiger partial charge in [0.05, 0.1) is 29.6 Å². The number of aromatic nitrogens is 4. The van der Waals surface area contributed by atoms with Crippen LogP contribution in [0.3, 0.4) is 0 Å². The molecule has 0 aliphatic rings. The topological polar surface area (TPSA) is 140 Å². The summed E-state index contributed by atoms with van der Waals surface area (Å²) < 4.78 is 0. The molecule has 2 amide bonds. The third kappa shape index (κ3) is 6.55. The Hall–Kier alpha value is -4.22. The molecule has 0 saturated carbocycles. The van der Waals surface area contributed by atoms with E-state index in [0.29, 0.717) is 39.7 Å². The van der Waals surface area contributed by atoms with Crippen LogP contribution in [0.5, 0.6) is 0 Å². The molecular weight excluding hydrogens is 506 g/mol. The number of carbonyl (C=O) groups is 2. The van der Waals surface area contributed by atoms with E-state index in [1.54, 1.807) is 11.0 Å². The second-order valence-corrected chi connectivity index (χ2v) is 10.4. The van der Waals surface area contributed by atoms with Gasteiger partial charge in [-0.2, -0.15) is 10.1 Å². The van der Waals surface area contributed by atoms with Crippen LogP contribution in [0.2, 0.25) is 5.02 Å². The quantitative estimate of drug-likeness (QED) is 0.213. The number of anilines is 6. The van der Waals surface area contributed by atoms with Crippen LogP contribution >= 0.6 is 11.6 Å². The zero-order valence-electron chi connectivity index (χ0n) is 21.8. The van der Waals surface area contributed by atoms with Gasteiger partial charge in [-0.3, -0.25) is 14.7 Å². The lowest BCUT2D eigenvalue weighted by molar-refractivity contribution is -0.123. The second kappa shape index (κ2) is 11.0. The number of hydrogen-bond acceptors (Lipinski definition) is 8. The Labute approximate surface area is 225 Å². The summed E-state index contributed by atoms with van der Waals surface area (Å²) >= 11 is 6.38. The first kappa shape index (κ1) is 26.8. The lowest BCUT2D eigenvalue weighted by Crippen LogP contribution is -2.27. The van der Waals surface area contributed by atoms with E-state index in [9.17, 15) is 9.59 Å². The van der Waals surface area contributed by atoms with E-state index in [2.05, 4.69) is 41.4 Å².